The Bertz CT molecular complexity index is 215. The van der Waals surface area contributed by atoms with E-state index in [1.54, 1.807) is 0 Å². The van der Waals surface area contributed by atoms with Gasteiger partial charge in [0.15, 0.2) is 0 Å². The van der Waals surface area contributed by atoms with E-state index in [4.69, 9.17) is 0 Å². The number of likely N-dealkylation sites (tertiary alicyclic amines) is 1. The van der Waals surface area contributed by atoms with Gasteiger partial charge in [0.25, 0.3) is 0 Å². The van der Waals surface area contributed by atoms with Crippen LogP contribution in [0, 0.1) is 5.92 Å². The molecule has 1 aliphatic heterocycles. The van der Waals surface area contributed by atoms with Gasteiger partial charge in [0.1, 0.15) is 0 Å². The molecule has 1 heterocycles. The highest BCUT2D eigenvalue weighted by molar-refractivity contribution is 4.89. The molecule has 1 saturated carbocycles. The fraction of sp³-hybridized carbons (Fsp3) is 1.00. The molecule has 0 aromatic carbocycles. The Morgan fingerprint density at radius 2 is 1.94 bits per heavy atom. The smallest absolute Gasteiger partial charge is 0.0126 e. The zero-order chi connectivity index (χ0) is 12.1. The van der Waals surface area contributed by atoms with Gasteiger partial charge in [0.05, 0.1) is 0 Å². The fourth-order valence-electron chi connectivity index (χ4n) is 3.86. The van der Waals surface area contributed by atoms with Gasteiger partial charge in [-0.1, -0.05) is 19.8 Å². The molecule has 0 aromatic rings. The summed E-state index contributed by atoms with van der Waals surface area (Å²) < 4.78 is 0. The van der Waals surface area contributed by atoms with Crippen molar-refractivity contribution in [2.45, 2.75) is 70.9 Å². The zero-order valence-corrected chi connectivity index (χ0v) is 11.8. The average molecular weight is 238 g/mol. The van der Waals surface area contributed by atoms with Gasteiger partial charge < -0.3 is 5.32 Å². The first-order valence-electron chi connectivity index (χ1n) is 7.79. The van der Waals surface area contributed by atoms with Gasteiger partial charge in [0.2, 0.25) is 0 Å². The molecule has 2 aliphatic rings. The maximum Gasteiger partial charge on any atom is 0.0126 e. The van der Waals surface area contributed by atoms with Gasteiger partial charge in [-0.15, -0.1) is 0 Å². The Morgan fingerprint density at radius 1 is 1.18 bits per heavy atom. The summed E-state index contributed by atoms with van der Waals surface area (Å²) in [5.74, 6) is 1.03. The summed E-state index contributed by atoms with van der Waals surface area (Å²) in [4.78, 5) is 2.84. The van der Waals surface area contributed by atoms with Gasteiger partial charge in [-0.2, -0.15) is 0 Å². The molecular weight excluding hydrogens is 208 g/mol. The minimum absolute atomic E-state index is 0.778. The molecule has 0 amide bonds. The van der Waals surface area contributed by atoms with Crippen molar-refractivity contribution < 1.29 is 0 Å². The molecule has 100 valence electrons. The van der Waals surface area contributed by atoms with Crippen LogP contribution in [0.25, 0.3) is 0 Å². The zero-order valence-electron chi connectivity index (χ0n) is 11.8. The van der Waals surface area contributed by atoms with Crippen LogP contribution in [0.15, 0.2) is 0 Å². The third kappa shape index (κ3) is 3.45. The first kappa shape index (κ1) is 13.4. The van der Waals surface area contributed by atoms with Gasteiger partial charge in [-0.3, -0.25) is 4.90 Å². The normalized spacial score (nSPS) is 32.1. The van der Waals surface area contributed by atoms with Gasteiger partial charge in [-0.25, -0.2) is 0 Å². The van der Waals surface area contributed by atoms with Crippen molar-refractivity contribution >= 4 is 0 Å². The highest BCUT2D eigenvalue weighted by Crippen LogP contribution is 2.36. The maximum atomic E-state index is 3.46. The molecule has 0 spiro atoms. The molecule has 1 N–H and O–H groups in total. The van der Waals surface area contributed by atoms with Crippen LogP contribution in [0.2, 0.25) is 0 Å². The number of fused-ring (bicyclic) bond motifs is 1. The van der Waals surface area contributed by atoms with Crippen LogP contribution in [0.3, 0.4) is 0 Å². The molecule has 0 bridgehead atoms. The Kier molecular flexibility index (Phi) is 5.30. The van der Waals surface area contributed by atoms with E-state index in [1.165, 1.54) is 58.0 Å². The summed E-state index contributed by atoms with van der Waals surface area (Å²) in [5.41, 5.74) is 0. The summed E-state index contributed by atoms with van der Waals surface area (Å²) in [6, 6.07) is 1.70. The topological polar surface area (TPSA) is 15.3 Å². The van der Waals surface area contributed by atoms with Crippen molar-refractivity contribution in [3.8, 4) is 0 Å². The number of hydrogen-bond acceptors (Lipinski definition) is 2. The molecule has 2 fully saturated rings. The lowest BCUT2D eigenvalue weighted by Crippen LogP contribution is -2.51. The molecule has 0 aromatic heterocycles. The standard InChI is InChI=1S/C15H30N2/c1-3-16-11-10-13(2)17-12-6-8-14-7-4-5-9-15(14)17/h13-16H,3-12H2,1-2H3/t13?,14-,15-/m1/s1. The maximum absolute atomic E-state index is 3.46. The first-order valence-corrected chi connectivity index (χ1v) is 7.79. The third-order valence-electron chi connectivity index (χ3n) is 4.84. The number of piperidine rings is 1. The molecule has 2 nitrogen and oxygen atoms in total. The van der Waals surface area contributed by atoms with Gasteiger partial charge in [-0.05, 0) is 64.6 Å². The summed E-state index contributed by atoms with van der Waals surface area (Å²) in [7, 11) is 0. The molecule has 0 radical (unpaired) electrons. The van der Waals surface area contributed by atoms with Crippen molar-refractivity contribution in [2.24, 2.45) is 5.92 Å². The Balaban J connectivity index is 1.84. The molecule has 1 aliphatic carbocycles. The summed E-state index contributed by atoms with van der Waals surface area (Å²) in [5, 5.41) is 3.46. The van der Waals surface area contributed by atoms with Crippen LogP contribution in [-0.2, 0) is 0 Å². The predicted molar refractivity (Wildman–Crippen MR) is 74.3 cm³/mol. The van der Waals surface area contributed by atoms with E-state index in [9.17, 15) is 0 Å². The second-order valence-electron chi connectivity index (χ2n) is 5.98. The fourth-order valence-corrected chi connectivity index (χ4v) is 3.86. The second kappa shape index (κ2) is 6.75. The predicted octanol–water partition coefficient (Wildman–Crippen LogP) is 3.03. The molecule has 1 unspecified atom stereocenters. The number of nitrogens with one attached hydrogen (secondary N) is 1. The number of hydrogen-bond donors (Lipinski definition) is 1. The van der Waals surface area contributed by atoms with Gasteiger partial charge in [0, 0.05) is 12.1 Å². The van der Waals surface area contributed by atoms with E-state index < -0.39 is 0 Å². The van der Waals surface area contributed by atoms with Crippen LogP contribution >= 0.6 is 0 Å². The van der Waals surface area contributed by atoms with E-state index in [2.05, 4.69) is 24.1 Å². The first-order chi connectivity index (χ1) is 8.33. The van der Waals surface area contributed by atoms with E-state index in [0.29, 0.717) is 0 Å². The molecule has 3 atom stereocenters. The SMILES string of the molecule is CCNCCC(C)N1CCC[C@H]2CCCC[C@H]21. The third-order valence-corrected chi connectivity index (χ3v) is 4.84. The van der Waals surface area contributed by atoms with Crippen LogP contribution in [0.4, 0.5) is 0 Å². The monoisotopic (exact) mass is 238 g/mol. The van der Waals surface area contributed by atoms with Crippen molar-refractivity contribution in [3.63, 3.8) is 0 Å². The molecular formula is C15H30N2. The highest BCUT2D eigenvalue weighted by atomic mass is 15.2. The van der Waals surface area contributed by atoms with Crippen LogP contribution in [0.5, 0.6) is 0 Å². The quantitative estimate of drug-likeness (QED) is 0.741. The van der Waals surface area contributed by atoms with Gasteiger partial charge >= 0.3 is 0 Å². The average Bonchev–Trinajstić information content (AvgIpc) is 2.38. The number of rotatable bonds is 5. The molecule has 1 saturated heterocycles. The minimum Gasteiger partial charge on any atom is -0.317 e. The van der Waals surface area contributed by atoms with E-state index >= 15 is 0 Å². The van der Waals surface area contributed by atoms with Crippen LogP contribution in [0.1, 0.15) is 58.8 Å². The molecule has 2 rings (SSSR count). The van der Waals surface area contributed by atoms with Crippen molar-refractivity contribution in [3.05, 3.63) is 0 Å². The van der Waals surface area contributed by atoms with Crippen molar-refractivity contribution in [1.82, 2.24) is 10.2 Å². The van der Waals surface area contributed by atoms with E-state index in [1.807, 2.05) is 0 Å². The molecule has 2 heteroatoms. The van der Waals surface area contributed by atoms with E-state index in [0.717, 1.165) is 24.5 Å². The molecule has 17 heavy (non-hydrogen) atoms. The second-order valence-corrected chi connectivity index (χ2v) is 5.98. The van der Waals surface area contributed by atoms with E-state index in [-0.39, 0.29) is 0 Å². The Labute approximate surface area is 107 Å². The van der Waals surface area contributed by atoms with Crippen molar-refractivity contribution in [1.29, 1.82) is 0 Å². The van der Waals surface area contributed by atoms with Crippen LogP contribution in [-0.4, -0.2) is 36.6 Å². The highest BCUT2D eigenvalue weighted by Gasteiger charge is 2.34. The number of nitrogens with zero attached hydrogens (tertiary/aromatic N) is 1. The lowest BCUT2D eigenvalue weighted by Gasteiger charge is -2.47. The summed E-state index contributed by atoms with van der Waals surface area (Å²) in [6.45, 7) is 8.29. The van der Waals surface area contributed by atoms with Crippen LogP contribution < -0.4 is 5.32 Å². The summed E-state index contributed by atoms with van der Waals surface area (Å²) >= 11 is 0. The Morgan fingerprint density at radius 3 is 2.76 bits per heavy atom. The lowest BCUT2D eigenvalue weighted by molar-refractivity contribution is 0.0289. The minimum atomic E-state index is 0.778. The lowest BCUT2D eigenvalue weighted by atomic mass is 9.77. The Hall–Kier alpha value is -0.0800. The summed E-state index contributed by atoms with van der Waals surface area (Å²) in [6.07, 6.45) is 10.2. The van der Waals surface area contributed by atoms with Crippen molar-refractivity contribution in [2.75, 3.05) is 19.6 Å². The largest absolute Gasteiger partial charge is 0.317 e.